The number of aromatic nitrogens is 2. The molecule has 10 nitrogen and oxygen atoms in total. The molecule has 0 aliphatic carbocycles. The van der Waals surface area contributed by atoms with E-state index >= 15 is 0 Å². The van der Waals surface area contributed by atoms with E-state index in [1.54, 1.807) is 6.08 Å². The Balaban J connectivity index is 1.13. The number of aryl methyl sites for hydroxylation is 1. The van der Waals surface area contributed by atoms with Crippen LogP contribution in [0.1, 0.15) is 42.5 Å². The minimum absolute atomic E-state index is 0.0953. The number of fused-ring (bicyclic) bond motifs is 2. The van der Waals surface area contributed by atoms with E-state index in [0.717, 1.165) is 60.8 Å². The van der Waals surface area contributed by atoms with Crippen LogP contribution >= 0.6 is 12.2 Å². The first-order valence-corrected chi connectivity index (χ1v) is 18.6. The van der Waals surface area contributed by atoms with Gasteiger partial charge in [-0.05, 0) is 69.3 Å². The van der Waals surface area contributed by atoms with Gasteiger partial charge in [-0.1, -0.05) is 48.6 Å². The number of ether oxygens (including phenoxy) is 1. The molecule has 0 spiro atoms. The maximum atomic E-state index is 13.3. The number of rotatable bonds is 11. The van der Waals surface area contributed by atoms with Gasteiger partial charge in [0, 0.05) is 73.4 Å². The fourth-order valence-electron chi connectivity index (χ4n) is 8.08. The summed E-state index contributed by atoms with van der Waals surface area (Å²) in [5.41, 5.74) is 4.44. The van der Waals surface area contributed by atoms with E-state index < -0.39 is 6.17 Å². The van der Waals surface area contributed by atoms with E-state index in [9.17, 15) is 14.4 Å². The Kier molecular flexibility index (Phi) is 10.8. The molecule has 7 rings (SSSR count). The molecule has 51 heavy (non-hydrogen) atoms. The second kappa shape index (κ2) is 15.6. The van der Waals surface area contributed by atoms with E-state index in [1.165, 1.54) is 22.0 Å². The summed E-state index contributed by atoms with van der Waals surface area (Å²) in [6.07, 6.45) is 6.56. The van der Waals surface area contributed by atoms with Crippen molar-refractivity contribution in [3.05, 3.63) is 65.4 Å². The highest BCUT2D eigenvalue weighted by Crippen LogP contribution is 2.36. The van der Waals surface area contributed by atoms with Crippen LogP contribution in [0.3, 0.4) is 0 Å². The number of carbonyl (C=O) groups excluding carboxylic acids is 1. The van der Waals surface area contributed by atoms with Crippen molar-refractivity contribution in [1.29, 1.82) is 5.26 Å². The highest BCUT2D eigenvalue weighted by atomic mass is 32.1. The SMILES string of the molecule is Cc1cccc2cccc(N3CCc4c(nc(OCC(=S)[C@@H]5CCCN5C)nc4N4CCN(C(=O)C=CCCN5CC(F)C5)[C@@H](CC#N)C4)C3)c12. The lowest BCUT2D eigenvalue weighted by atomic mass is 9.99. The normalized spacial score (nSPS) is 21.6. The third kappa shape index (κ3) is 7.71. The van der Waals surface area contributed by atoms with Gasteiger partial charge >= 0.3 is 6.01 Å². The number of alkyl halides is 1. The van der Waals surface area contributed by atoms with Gasteiger partial charge in [0.25, 0.3) is 0 Å². The van der Waals surface area contributed by atoms with Crippen LogP contribution in [0.15, 0.2) is 48.6 Å². The molecule has 268 valence electrons. The first-order chi connectivity index (χ1) is 24.8. The van der Waals surface area contributed by atoms with E-state index in [4.69, 9.17) is 26.9 Å². The molecule has 3 aromatic rings. The Hall–Kier alpha value is -4.18. The van der Waals surface area contributed by atoms with E-state index in [2.05, 4.69) is 71.1 Å². The first kappa shape index (κ1) is 35.2. The largest absolute Gasteiger partial charge is 0.458 e. The molecule has 0 radical (unpaired) electrons. The zero-order valence-corrected chi connectivity index (χ0v) is 30.5. The molecule has 12 heteroatoms. The van der Waals surface area contributed by atoms with Gasteiger partial charge in [0.1, 0.15) is 18.6 Å². The van der Waals surface area contributed by atoms with Crippen LogP contribution in [0.25, 0.3) is 10.8 Å². The number of piperazine rings is 1. The number of anilines is 2. The highest BCUT2D eigenvalue weighted by Gasteiger charge is 2.34. The summed E-state index contributed by atoms with van der Waals surface area (Å²) in [5, 5.41) is 12.2. The van der Waals surface area contributed by atoms with Crippen molar-refractivity contribution in [3.8, 4) is 12.1 Å². The van der Waals surface area contributed by atoms with Crippen LogP contribution in [0.2, 0.25) is 0 Å². The average molecular weight is 711 g/mol. The summed E-state index contributed by atoms with van der Waals surface area (Å²) < 4.78 is 19.4. The molecule has 3 saturated heterocycles. The van der Waals surface area contributed by atoms with E-state index in [-0.39, 0.29) is 31.0 Å². The summed E-state index contributed by atoms with van der Waals surface area (Å²) in [4.78, 5) is 35.0. The lowest BCUT2D eigenvalue weighted by Gasteiger charge is -2.42. The predicted octanol–water partition coefficient (Wildman–Crippen LogP) is 4.87. The molecule has 0 N–H and O–H groups in total. The zero-order valence-electron chi connectivity index (χ0n) is 29.6. The summed E-state index contributed by atoms with van der Waals surface area (Å²) in [5.74, 6) is 0.723. The maximum absolute atomic E-state index is 13.3. The molecule has 3 fully saturated rings. The molecule has 2 atom stereocenters. The van der Waals surface area contributed by atoms with E-state index in [1.807, 2.05) is 15.9 Å². The van der Waals surface area contributed by atoms with Crippen LogP contribution in [-0.2, 0) is 17.8 Å². The van der Waals surface area contributed by atoms with E-state index in [0.29, 0.717) is 51.7 Å². The Bertz CT molecular complexity index is 1840. The molecule has 0 saturated carbocycles. The number of benzene rings is 2. The van der Waals surface area contributed by atoms with Crippen LogP contribution in [0.5, 0.6) is 6.01 Å². The Labute approximate surface area is 305 Å². The lowest BCUT2D eigenvalue weighted by Crippen LogP contribution is -2.55. The van der Waals surface area contributed by atoms with Gasteiger partial charge in [-0.2, -0.15) is 15.2 Å². The topological polar surface area (TPSA) is 92.1 Å². The van der Waals surface area contributed by atoms with Gasteiger partial charge in [0.05, 0.1) is 30.8 Å². The van der Waals surface area contributed by atoms with Crippen molar-refractivity contribution in [1.82, 2.24) is 24.7 Å². The standard InChI is InChI=1S/C39H47FN8O2S/c1-27-8-5-9-28-10-6-11-34(37(27)28)46-19-15-31-32(25-46)42-39(50-26-35(51)33-12-7-17-44(33)2)43-38(31)47-20-21-48(30(24-47)14-16-41)36(49)13-3-4-18-45-22-29(40)23-45/h3,5-6,8-11,13,29-30,33H,4,7,12,14-15,17-26H2,1-2H3/t30-,33-/m0/s1. The summed E-state index contributed by atoms with van der Waals surface area (Å²) >= 11 is 5.82. The van der Waals surface area contributed by atoms with Crippen molar-refractivity contribution >= 4 is 45.3 Å². The molecule has 0 bridgehead atoms. The second-order valence-electron chi connectivity index (χ2n) is 14.3. The van der Waals surface area contributed by atoms with Gasteiger partial charge in [-0.3, -0.25) is 14.6 Å². The number of thiocarbonyl (C=S) groups is 1. The molecule has 4 aliphatic rings. The number of halogens is 1. The number of likely N-dealkylation sites (tertiary alicyclic amines) is 2. The second-order valence-corrected chi connectivity index (χ2v) is 14.8. The fraction of sp³-hybridized carbons (Fsp3) is 0.513. The molecular weight excluding hydrogens is 664 g/mol. The molecule has 4 aliphatic heterocycles. The summed E-state index contributed by atoms with van der Waals surface area (Å²) in [6, 6.07) is 15.4. The van der Waals surface area contributed by atoms with Gasteiger partial charge < -0.3 is 19.4 Å². The minimum Gasteiger partial charge on any atom is -0.458 e. The van der Waals surface area contributed by atoms with Gasteiger partial charge in [-0.15, -0.1) is 0 Å². The highest BCUT2D eigenvalue weighted by molar-refractivity contribution is 7.80. The minimum atomic E-state index is -0.731. The quantitative estimate of drug-likeness (QED) is 0.203. The van der Waals surface area contributed by atoms with Crippen LogP contribution in [0, 0.1) is 18.3 Å². The number of amides is 1. The summed E-state index contributed by atoms with van der Waals surface area (Å²) in [6.45, 7) is 8.09. The van der Waals surface area contributed by atoms with Crippen LogP contribution in [-0.4, -0.2) is 120 Å². The average Bonchev–Trinajstić information content (AvgIpc) is 3.56. The summed E-state index contributed by atoms with van der Waals surface area (Å²) in [7, 11) is 2.11. The first-order valence-electron chi connectivity index (χ1n) is 18.2. The number of nitriles is 1. The van der Waals surface area contributed by atoms with Crippen molar-refractivity contribution in [2.24, 2.45) is 0 Å². The molecule has 5 heterocycles. The number of carbonyl (C=O) groups is 1. The maximum Gasteiger partial charge on any atom is 0.319 e. The van der Waals surface area contributed by atoms with Crippen LogP contribution < -0.4 is 14.5 Å². The lowest BCUT2D eigenvalue weighted by molar-refractivity contribution is -0.128. The van der Waals surface area contributed by atoms with Crippen molar-refractivity contribution in [2.75, 3.05) is 75.8 Å². The van der Waals surface area contributed by atoms with Crippen LogP contribution in [0.4, 0.5) is 15.9 Å². The van der Waals surface area contributed by atoms with Crippen molar-refractivity contribution in [2.45, 2.75) is 63.8 Å². The van der Waals surface area contributed by atoms with Crippen molar-refractivity contribution in [3.63, 3.8) is 0 Å². The van der Waals surface area contributed by atoms with Gasteiger partial charge in [0.15, 0.2) is 0 Å². The smallest absolute Gasteiger partial charge is 0.319 e. The van der Waals surface area contributed by atoms with Crippen molar-refractivity contribution < 1.29 is 13.9 Å². The van der Waals surface area contributed by atoms with Gasteiger partial charge in [-0.25, -0.2) is 4.39 Å². The number of nitrogens with zero attached hydrogens (tertiary/aromatic N) is 8. The third-order valence-corrected chi connectivity index (χ3v) is 11.3. The monoisotopic (exact) mass is 710 g/mol. The molecular formula is C39H47FN8O2S. The predicted molar refractivity (Wildman–Crippen MR) is 202 cm³/mol. The molecule has 1 aromatic heterocycles. The molecule has 0 unspecified atom stereocenters. The molecule has 1 amide bonds. The number of hydrogen-bond acceptors (Lipinski definition) is 10. The Morgan fingerprint density at radius 2 is 1.92 bits per heavy atom. The Morgan fingerprint density at radius 3 is 2.69 bits per heavy atom. The third-order valence-electron chi connectivity index (χ3n) is 10.9. The Morgan fingerprint density at radius 1 is 1.10 bits per heavy atom. The number of hydrogen-bond donors (Lipinski definition) is 0. The fourth-order valence-corrected chi connectivity index (χ4v) is 8.44. The van der Waals surface area contributed by atoms with Gasteiger partial charge in [0.2, 0.25) is 5.91 Å². The zero-order chi connectivity index (χ0) is 35.5. The molecule has 2 aromatic carbocycles.